The molecule has 1 aliphatic rings. The van der Waals surface area contributed by atoms with E-state index >= 15 is 0 Å². The van der Waals surface area contributed by atoms with E-state index in [0.717, 1.165) is 37.3 Å². The highest BCUT2D eigenvalue weighted by Gasteiger charge is 2.27. The van der Waals surface area contributed by atoms with E-state index in [4.69, 9.17) is 9.40 Å². The quantitative estimate of drug-likeness (QED) is 0.867. The van der Waals surface area contributed by atoms with Gasteiger partial charge in [0.05, 0.1) is 0 Å². The molecule has 0 saturated carbocycles. The second-order valence-corrected chi connectivity index (χ2v) is 6.60. The zero-order valence-corrected chi connectivity index (χ0v) is 14.7. The number of carbonyl (C=O) groups is 1. The molecule has 6 heteroatoms. The smallest absolute Gasteiger partial charge is 0.275 e. The van der Waals surface area contributed by atoms with E-state index in [1.807, 2.05) is 25.9 Å². The third-order valence-electron chi connectivity index (χ3n) is 4.51. The summed E-state index contributed by atoms with van der Waals surface area (Å²) in [4.78, 5) is 25.2. The van der Waals surface area contributed by atoms with Gasteiger partial charge in [-0.1, -0.05) is 0 Å². The Bertz CT molecular complexity index is 730. The molecule has 0 N–H and O–H groups in total. The number of aryl methyl sites for hydroxylation is 2. The number of likely N-dealkylation sites (tertiary alicyclic amines) is 1. The fourth-order valence-electron chi connectivity index (χ4n) is 3.14. The normalized spacial score (nSPS) is 15.6. The minimum Gasteiger partial charge on any atom is -0.448 e. The first-order valence-electron chi connectivity index (χ1n) is 8.31. The van der Waals surface area contributed by atoms with Gasteiger partial charge >= 0.3 is 0 Å². The Labute approximate surface area is 142 Å². The summed E-state index contributed by atoms with van der Waals surface area (Å²) < 4.78 is 5.14. The molecular weight excluding hydrogens is 304 g/mol. The Kier molecular flexibility index (Phi) is 4.55. The molecule has 1 amide bonds. The summed E-state index contributed by atoms with van der Waals surface area (Å²) in [6.07, 6.45) is 3.28. The standard InChI is InChI=1S/C18H24N4O2/c1-12-9-15(21(3)4)10-16(19-12)14-5-7-22(8-6-14)18(23)17-11-24-13(2)20-17/h9-11,14H,5-8H2,1-4H3. The SMILES string of the molecule is Cc1cc(N(C)C)cc(C2CCN(C(=O)c3coc(C)n3)CC2)n1. The molecule has 0 atom stereocenters. The van der Waals surface area contributed by atoms with Crippen molar-refractivity contribution in [2.24, 2.45) is 0 Å². The van der Waals surface area contributed by atoms with E-state index in [-0.39, 0.29) is 5.91 Å². The maximum atomic E-state index is 12.4. The van der Waals surface area contributed by atoms with Gasteiger partial charge in [0, 0.05) is 57.1 Å². The number of rotatable bonds is 3. The first-order valence-corrected chi connectivity index (χ1v) is 8.31. The van der Waals surface area contributed by atoms with Crippen LogP contribution in [0.4, 0.5) is 5.69 Å². The average Bonchev–Trinajstić information content (AvgIpc) is 3.00. The van der Waals surface area contributed by atoms with Crippen molar-refractivity contribution in [3.63, 3.8) is 0 Å². The van der Waals surface area contributed by atoms with E-state index in [0.29, 0.717) is 17.5 Å². The number of oxazole rings is 1. The molecule has 0 aromatic carbocycles. The fraction of sp³-hybridized carbons (Fsp3) is 0.500. The third kappa shape index (κ3) is 3.42. The molecule has 2 aromatic heterocycles. The molecule has 3 heterocycles. The van der Waals surface area contributed by atoms with Crippen molar-refractivity contribution < 1.29 is 9.21 Å². The Balaban J connectivity index is 1.68. The number of hydrogen-bond acceptors (Lipinski definition) is 5. The molecule has 128 valence electrons. The topological polar surface area (TPSA) is 62.5 Å². The number of carbonyl (C=O) groups excluding carboxylic acids is 1. The van der Waals surface area contributed by atoms with Crippen molar-refractivity contribution in [3.05, 3.63) is 41.4 Å². The van der Waals surface area contributed by atoms with E-state index in [2.05, 4.69) is 22.0 Å². The second-order valence-electron chi connectivity index (χ2n) is 6.60. The Morgan fingerprint density at radius 1 is 1.21 bits per heavy atom. The van der Waals surface area contributed by atoms with Gasteiger partial charge in [0.25, 0.3) is 5.91 Å². The number of nitrogens with zero attached hydrogens (tertiary/aromatic N) is 4. The van der Waals surface area contributed by atoms with Crippen LogP contribution in [0.3, 0.4) is 0 Å². The second kappa shape index (κ2) is 6.63. The van der Waals surface area contributed by atoms with Crippen molar-refractivity contribution in [1.82, 2.24) is 14.9 Å². The maximum absolute atomic E-state index is 12.4. The molecule has 1 fully saturated rings. The molecule has 3 rings (SSSR count). The minimum atomic E-state index is -0.0449. The molecule has 6 nitrogen and oxygen atoms in total. The summed E-state index contributed by atoms with van der Waals surface area (Å²) in [5, 5.41) is 0. The Morgan fingerprint density at radius 3 is 2.50 bits per heavy atom. The monoisotopic (exact) mass is 328 g/mol. The van der Waals surface area contributed by atoms with Crippen LogP contribution in [0.15, 0.2) is 22.8 Å². The Hall–Kier alpha value is -2.37. The summed E-state index contributed by atoms with van der Waals surface area (Å²) in [6, 6.07) is 4.26. The molecule has 0 radical (unpaired) electrons. The summed E-state index contributed by atoms with van der Waals surface area (Å²) in [6.45, 7) is 5.22. The zero-order valence-electron chi connectivity index (χ0n) is 14.7. The van der Waals surface area contributed by atoms with E-state index in [1.54, 1.807) is 6.92 Å². The van der Waals surface area contributed by atoms with E-state index in [1.165, 1.54) is 12.0 Å². The number of pyridine rings is 1. The highest BCUT2D eigenvalue weighted by atomic mass is 16.3. The molecule has 2 aromatic rings. The van der Waals surface area contributed by atoms with Crippen LogP contribution in [-0.2, 0) is 0 Å². The van der Waals surface area contributed by atoms with Crippen LogP contribution >= 0.6 is 0 Å². The lowest BCUT2D eigenvalue weighted by molar-refractivity contribution is 0.0706. The molecule has 0 bridgehead atoms. The predicted octanol–water partition coefficient (Wildman–Crippen LogP) is 2.77. The van der Waals surface area contributed by atoms with Gasteiger partial charge in [0.15, 0.2) is 11.6 Å². The van der Waals surface area contributed by atoms with Gasteiger partial charge in [0.1, 0.15) is 6.26 Å². The summed E-state index contributed by atoms with van der Waals surface area (Å²) in [5.41, 5.74) is 3.74. The van der Waals surface area contributed by atoms with Crippen LogP contribution in [0, 0.1) is 13.8 Å². The minimum absolute atomic E-state index is 0.0449. The van der Waals surface area contributed by atoms with E-state index in [9.17, 15) is 4.79 Å². The summed E-state index contributed by atoms with van der Waals surface area (Å²) >= 11 is 0. The van der Waals surface area contributed by atoms with Crippen molar-refractivity contribution >= 4 is 11.6 Å². The molecule has 0 aliphatic carbocycles. The average molecular weight is 328 g/mol. The zero-order chi connectivity index (χ0) is 17.3. The van der Waals surface area contributed by atoms with Crippen LogP contribution in [0.25, 0.3) is 0 Å². The van der Waals surface area contributed by atoms with Gasteiger partial charge < -0.3 is 14.2 Å². The summed E-state index contributed by atoms with van der Waals surface area (Å²) in [5.74, 6) is 0.872. The van der Waals surface area contributed by atoms with Gasteiger partial charge in [-0.25, -0.2) is 4.98 Å². The van der Waals surface area contributed by atoms with Gasteiger partial charge in [0.2, 0.25) is 0 Å². The molecule has 1 aliphatic heterocycles. The summed E-state index contributed by atoms with van der Waals surface area (Å²) in [7, 11) is 4.08. The van der Waals surface area contributed by atoms with Crippen molar-refractivity contribution in [2.45, 2.75) is 32.6 Å². The lowest BCUT2D eigenvalue weighted by Gasteiger charge is -2.31. The van der Waals surface area contributed by atoms with Crippen LogP contribution in [0.1, 0.15) is 46.5 Å². The van der Waals surface area contributed by atoms with Crippen LogP contribution < -0.4 is 4.90 Å². The van der Waals surface area contributed by atoms with Gasteiger partial charge in [-0.05, 0) is 31.9 Å². The van der Waals surface area contributed by atoms with Crippen LogP contribution in [0.5, 0.6) is 0 Å². The third-order valence-corrected chi connectivity index (χ3v) is 4.51. The van der Waals surface area contributed by atoms with Gasteiger partial charge in [-0.3, -0.25) is 9.78 Å². The Morgan fingerprint density at radius 2 is 1.92 bits per heavy atom. The van der Waals surface area contributed by atoms with Crippen molar-refractivity contribution in [1.29, 1.82) is 0 Å². The van der Waals surface area contributed by atoms with Gasteiger partial charge in [-0.15, -0.1) is 0 Å². The molecule has 24 heavy (non-hydrogen) atoms. The molecule has 1 saturated heterocycles. The maximum Gasteiger partial charge on any atom is 0.275 e. The lowest BCUT2D eigenvalue weighted by atomic mass is 9.92. The van der Waals surface area contributed by atoms with Crippen LogP contribution in [-0.4, -0.2) is 48.0 Å². The first-order chi connectivity index (χ1) is 11.4. The number of anilines is 1. The number of hydrogen-bond donors (Lipinski definition) is 0. The largest absolute Gasteiger partial charge is 0.448 e. The first kappa shape index (κ1) is 16.5. The van der Waals surface area contributed by atoms with Crippen molar-refractivity contribution in [3.8, 4) is 0 Å². The number of aromatic nitrogens is 2. The number of piperidine rings is 1. The van der Waals surface area contributed by atoms with Gasteiger partial charge in [-0.2, -0.15) is 0 Å². The molecule has 0 spiro atoms. The lowest BCUT2D eigenvalue weighted by Crippen LogP contribution is -2.38. The molecular formula is C18H24N4O2. The molecule has 0 unspecified atom stereocenters. The predicted molar refractivity (Wildman–Crippen MR) is 92.4 cm³/mol. The fourth-order valence-corrected chi connectivity index (χ4v) is 3.14. The number of amides is 1. The highest BCUT2D eigenvalue weighted by Crippen LogP contribution is 2.29. The highest BCUT2D eigenvalue weighted by molar-refractivity contribution is 5.92. The van der Waals surface area contributed by atoms with Crippen molar-refractivity contribution in [2.75, 3.05) is 32.1 Å². The van der Waals surface area contributed by atoms with Crippen LogP contribution in [0.2, 0.25) is 0 Å². The van der Waals surface area contributed by atoms with E-state index < -0.39 is 0 Å².